The number of carbonyl (C=O) groups is 1. The Hall–Kier alpha value is -1.61. The van der Waals surface area contributed by atoms with Crippen LogP contribution in [-0.2, 0) is 4.79 Å². The molecule has 0 amide bonds. The molecule has 0 aromatic heterocycles. The molecule has 3 heteroatoms. The highest BCUT2D eigenvalue weighted by atomic mass is 16.4. The SMILES string of the molecule is CCCCC/C=C/CC/C=C/C=C/C/C=C/CC[C@H](O)C(=O)O. The Bertz CT molecular complexity index is 392. The van der Waals surface area contributed by atoms with Gasteiger partial charge in [0.2, 0.25) is 0 Å². The first-order valence-corrected chi connectivity index (χ1v) is 8.71. The molecule has 0 radical (unpaired) electrons. The molecule has 0 aliphatic rings. The maximum absolute atomic E-state index is 10.4. The van der Waals surface area contributed by atoms with E-state index in [1.807, 2.05) is 18.2 Å². The number of aliphatic hydroxyl groups excluding tert-OH is 1. The minimum absolute atomic E-state index is 0.265. The molecule has 0 aliphatic heterocycles. The van der Waals surface area contributed by atoms with Gasteiger partial charge in [-0.1, -0.05) is 68.4 Å². The van der Waals surface area contributed by atoms with Gasteiger partial charge < -0.3 is 10.2 Å². The Balaban J connectivity index is 3.50. The van der Waals surface area contributed by atoms with E-state index in [0.29, 0.717) is 6.42 Å². The molecule has 0 unspecified atom stereocenters. The second-order valence-electron chi connectivity index (χ2n) is 5.54. The van der Waals surface area contributed by atoms with Crippen molar-refractivity contribution < 1.29 is 15.0 Å². The Labute approximate surface area is 141 Å². The number of aliphatic carboxylic acids is 1. The smallest absolute Gasteiger partial charge is 0.332 e. The van der Waals surface area contributed by atoms with Crippen LogP contribution < -0.4 is 0 Å². The summed E-state index contributed by atoms with van der Waals surface area (Å²) in [4.78, 5) is 10.4. The van der Waals surface area contributed by atoms with Crippen LogP contribution >= 0.6 is 0 Å². The van der Waals surface area contributed by atoms with Crippen molar-refractivity contribution in [2.24, 2.45) is 0 Å². The summed E-state index contributed by atoms with van der Waals surface area (Å²) in [6.45, 7) is 2.22. The largest absolute Gasteiger partial charge is 0.479 e. The van der Waals surface area contributed by atoms with Crippen LogP contribution in [0.15, 0.2) is 48.6 Å². The lowest BCUT2D eigenvalue weighted by atomic mass is 10.2. The van der Waals surface area contributed by atoms with E-state index in [0.717, 1.165) is 19.3 Å². The van der Waals surface area contributed by atoms with Gasteiger partial charge in [0.05, 0.1) is 0 Å². The van der Waals surface area contributed by atoms with E-state index < -0.39 is 12.1 Å². The summed E-state index contributed by atoms with van der Waals surface area (Å²) in [6, 6.07) is 0. The summed E-state index contributed by atoms with van der Waals surface area (Å²) in [5.41, 5.74) is 0. The second kappa shape index (κ2) is 16.8. The third kappa shape index (κ3) is 16.6. The number of unbranched alkanes of at least 4 members (excludes halogenated alkanes) is 4. The van der Waals surface area contributed by atoms with E-state index in [1.165, 1.54) is 25.7 Å². The standard InChI is InChI=1S/C20H32O3/c1-2-3-4-5-6-7-8-9-10-11-12-13-14-15-16-17-18-19(21)20(22)23/h6-7,10-13,15-16,19,21H,2-5,8-9,14,17-18H2,1H3,(H,22,23)/b7-6+,11-10+,13-12+,16-15+/t19-/m0/s1. The molecule has 0 saturated heterocycles. The van der Waals surface area contributed by atoms with Gasteiger partial charge in [0.25, 0.3) is 0 Å². The van der Waals surface area contributed by atoms with Crippen LogP contribution in [0.4, 0.5) is 0 Å². The van der Waals surface area contributed by atoms with Crippen LogP contribution in [0.1, 0.15) is 64.7 Å². The Morgan fingerprint density at radius 1 is 0.870 bits per heavy atom. The average Bonchev–Trinajstić information content (AvgIpc) is 2.54. The van der Waals surface area contributed by atoms with Crippen molar-refractivity contribution in [3.8, 4) is 0 Å². The van der Waals surface area contributed by atoms with Gasteiger partial charge in [0.1, 0.15) is 0 Å². The van der Waals surface area contributed by atoms with Crippen LogP contribution in [0.2, 0.25) is 0 Å². The molecule has 130 valence electrons. The molecule has 0 fully saturated rings. The molecule has 0 aromatic rings. The lowest BCUT2D eigenvalue weighted by Crippen LogP contribution is -2.18. The molecular weight excluding hydrogens is 288 g/mol. The van der Waals surface area contributed by atoms with Gasteiger partial charge in [-0.15, -0.1) is 0 Å². The average molecular weight is 320 g/mol. The summed E-state index contributed by atoms with van der Waals surface area (Å²) in [7, 11) is 0. The predicted octanol–water partition coefficient (Wildman–Crippen LogP) is 5.19. The Morgan fingerprint density at radius 2 is 1.52 bits per heavy atom. The first-order chi connectivity index (χ1) is 11.2. The molecule has 3 nitrogen and oxygen atoms in total. The highest BCUT2D eigenvalue weighted by Gasteiger charge is 2.10. The van der Waals surface area contributed by atoms with Crippen molar-refractivity contribution in [3.63, 3.8) is 0 Å². The first kappa shape index (κ1) is 21.4. The number of aliphatic hydroxyl groups is 1. The fraction of sp³-hybridized carbons (Fsp3) is 0.550. The zero-order valence-electron chi connectivity index (χ0n) is 14.4. The van der Waals surface area contributed by atoms with Crippen molar-refractivity contribution in [1.82, 2.24) is 0 Å². The summed E-state index contributed by atoms with van der Waals surface area (Å²) >= 11 is 0. The van der Waals surface area contributed by atoms with Crippen LogP contribution in [0.5, 0.6) is 0 Å². The van der Waals surface area contributed by atoms with Crippen LogP contribution in [-0.4, -0.2) is 22.3 Å². The minimum Gasteiger partial charge on any atom is -0.479 e. The van der Waals surface area contributed by atoms with Crippen LogP contribution in [0.25, 0.3) is 0 Å². The van der Waals surface area contributed by atoms with Gasteiger partial charge in [-0.05, 0) is 44.9 Å². The van der Waals surface area contributed by atoms with Gasteiger partial charge in [-0.3, -0.25) is 0 Å². The highest BCUT2D eigenvalue weighted by molar-refractivity contribution is 5.71. The zero-order valence-corrected chi connectivity index (χ0v) is 14.4. The fourth-order valence-corrected chi connectivity index (χ4v) is 1.94. The van der Waals surface area contributed by atoms with Crippen molar-refractivity contribution >= 4 is 5.97 Å². The number of allylic oxidation sites excluding steroid dienone is 8. The van der Waals surface area contributed by atoms with Gasteiger partial charge >= 0.3 is 5.97 Å². The summed E-state index contributed by atoms with van der Waals surface area (Å²) < 4.78 is 0. The summed E-state index contributed by atoms with van der Waals surface area (Å²) in [5, 5.41) is 17.6. The number of carboxylic acids is 1. The monoisotopic (exact) mass is 320 g/mol. The molecule has 0 rings (SSSR count). The Kier molecular flexibility index (Phi) is 15.6. The molecule has 0 bridgehead atoms. The molecule has 23 heavy (non-hydrogen) atoms. The molecular formula is C20H32O3. The highest BCUT2D eigenvalue weighted by Crippen LogP contribution is 2.02. The van der Waals surface area contributed by atoms with E-state index in [4.69, 9.17) is 10.2 Å². The maximum atomic E-state index is 10.4. The van der Waals surface area contributed by atoms with Crippen molar-refractivity contribution in [3.05, 3.63) is 48.6 Å². The van der Waals surface area contributed by atoms with E-state index in [9.17, 15) is 4.79 Å². The molecule has 0 aliphatic carbocycles. The number of hydrogen-bond donors (Lipinski definition) is 2. The number of hydrogen-bond acceptors (Lipinski definition) is 2. The fourth-order valence-electron chi connectivity index (χ4n) is 1.94. The van der Waals surface area contributed by atoms with Crippen molar-refractivity contribution in [1.29, 1.82) is 0 Å². The van der Waals surface area contributed by atoms with Gasteiger partial charge in [0.15, 0.2) is 6.10 Å². The third-order valence-corrected chi connectivity index (χ3v) is 3.35. The minimum atomic E-state index is -1.25. The molecule has 0 heterocycles. The van der Waals surface area contributed by atoms with Gasteiger partial charge in [-0.25, -0.2) is 4.79 Å². The molecule has 1 atom stereocenters. The van der Waals surface area contributed by atoms with E-state index in [1.54, 1.807) is 0 Å². The Morgan fingerprint density at radius 3 is 2.26 bits per heavy atom. The van der Waals surface area contributed by atoms with Crippen molar-refractivity contribution in [2.45, 2.75) is 70.8 Å². The topological polar surface area (TPSA) is 57.5 Å². The first-order valence-electron chi connectivity index (χ1n) is 8.71. The summed E-state index contributed by atoms with van der Waals surface area (Å²) in [6.07, 6.45) is 24.4. The normalized spacial score (nSPS) is 13.8. The van der Waals surface area contributed by atoms with Gasteiger partial charge in [0, 0.05) is 0 Å². The summed E-state index contributed by atoms with van der Waals surface area (Å²) in [5.74, 6) is -1.15. The van der Waals surface area contributed by atoms with Crippen molar-refractivity contribution in [2.75, 3.05) is 0 Å². The van der Waals surface area contributed by atoms with E-state index >= 15 is 0 Å². The van der Waals surface area contributed by atoms with E-state index in [2.05, 4.69) is 37.3 Å². The third-order valence-electron chi connectivity index (χ3n) is 3.35. The molecule has 0 spiro atoms. The van der Waals surface area contributed by atoms with Gasteiger partial charge in [-0.2, -0.15) is 0 Å². The second-order valence-corrected chi connectivity index (χ2v) is 5.54. The molecule has 2 N–H and O–H groups in total. The number of rotatable bonds is 14. The molecule has 0 aromatic carbocycles. The molecule has 0 saturated carbocycles. The van der Waals surface area contributed by atoms with Crippen LogP contribution in [0.3, 0.4) is 0 Å². The van der Waals surface area contributed by atoms with E-state index in [-0.39, 0.29) is 6.42 Å². The lowest BCUT2D eigenvalue weighted by Gasteiger charge is -2.00. The zero-order chi connectivity index (χ0) is 17.2. The maximum Gasteiger partial charge on any atom is 0.332 e. The number of carboxylic acid groups (broad SMARTS) is 1. The predicted molar refractivity (Wildman–Crippen MR) is 97.4 cm³/mol. The lowest BCUT2D eigenvalue weighted by molar-refractivity contribution is -0.146. The quantitative estimate of drug-likeness (QED) is 0.263. The van der Waals surface area contributed by atoms with Crippen LogP contribution in [0, 0.1) is 0 Å².